The topological polar surface area (TPSA) is 77.3 Å². The van der Waals surface area contributed by atoms with Crippen LogP contribution in [0.2, 0.25) is 0 Å². The average Bonchev–Trinajstić information content (AvgIpc) is 2.95. The van der Waals surface area contributed by atoms with Crippen LogP contribution in [0.4, 0.5) is 0 Å². The van der Waals surface area contributed by atoms with E-state index in [-0.39, 0.29) is 0 Å². The molecule has 3 aromatic rings. The molecule has 1 aromatic heterocycles. The summed E-state index contributed by atoms with van der Waals surface area (Å²) >= 11 is -0.782. The van der Waals surface area contributed by atoms with Crippen molar-refractivity contribution in [2.45, 2.75) is 18.7 Å². The Kier molecular flexibility index (Phi) is 4.25. The van der Waals surface area contributed by atoms with Crippen molar-refractivity contribution in [3.05, 3.63) is 70.9 Å². The molecule has 0 fully saturated rings. The Morgan fingerprint density at radius 2 is 1.96 bits per heavy atom. The van der Waals surface area contributed by atoms with Gasteiger partial charge >= 0.3 is 0 Å². The van der Waals surface area contributed by atoms with Crippen LogP contribution in [0.3, 0.4) is 0 Å². The van der Waals surface area contributed by atoms with E-state index in [0.29, 0.717) is 23.6 Å². The third-order valence-corrected chi connectivity index (χ3v) is 5.99. The number of hydroxylamine groups is 1. The smallest absolute Gasteiger partial charge is 0.274 e. The van der Waals surface area contributed by atoms with E-state index in [9.17, 15) is 9.35 Å². The SMILES string of the molecule is O=C(NO)c1ccc(Cn2c3c(c4ccccc42)C[S+]([O-])CC3)cc1. The molecule has 6 heteroatoms. The van der Waals surface area contributed by atoms with Crippen LogP contribution in [0.5, 0.6) is 0 Å². The van der Waals surface area contributed by atoms with Crippen LogP contribution in [-0.4, -0.2) is 26.0 Å². The number of hydrogen-bond acceptors (Lipinski definition) is 3. The van der Waals surface area contributed by atoms with Gasteiger partial charge in [-0.05, 0) is 34.9 Å². The maximum Gasteiger partial charge on any atom is 0.274 e. The molecule has 0 saturated heterocycles. The van der Waals surface area contributed by atoms with Crippen LogP contribution in [0.1, 0.15) is 27.2 Å². The van der Waals surface area contributed by atoms with Gasteiger partial charge in [-0.25, -0.2) is 5.48 Å². The molecule has 0 spiro atoms. The largest absolute Gasteiger partial charge is 0.616 e. The minimum Gasteiger partial charge on any atom is -0.616 e. The van der Waals surface area contributed by atoms with E-state index in [1.54, 1.807) is 17.6 Å². The highest BCUT2D eigenvalue weighted by Gasteiger charge is 2.26. The number of carbonyl (C=O) groups excluding carboxylic acids is 1. The first-order chi connectivity index (χ1) is 12.2. The molecule has 1 aliphatic rings. The Balaban J connectivity index is 1.73. The Bertz CT molecular complexity index is 934. The van der Waals surface area contributed by atoms with Crippen LogP contribution in [0.15, 0.2) is 48.5 Å². The summed E-state index contributed by atoms with van der Waals surface area (Å²) in [5.74, 6) is 0.815. The molecule has 4 rings (SSSR count). The summed E-state index contributed by atoms with van der Waals surface area (Å²) in [6, 6.07) is 15.4. The molecule has 1 amide bonds. The van der Waals surface area contributed by atoms with Crippen LogP contribution in [-0.2, 0) is 29.9 Å². The van der Waals surface area contributed by atoms with E-state index in [1.807, 2.05) is 24.3 Å². The number of carbonyl (C=O) groups is 1. The van der Waals surface area contributed by atoms with Gasteiger partial charge in [0, 0.05) is 40.7 Å². The molecule has 5 nitrogen and oxygen atoms in total. The number of nitrogens with zero attached hydrogens (tertiary/aromatic N) is 1. The molecule has 25 heavy (non-hydrogen) atoms. The monoisotopic (exact) mass is 354 g/mol. The first-order valence-electron chi connectivity index (χ1n) is 8.14. The van der Waals surface area contributed by atoms with Gasteiger partial charge in [-0.2, -0.15) is 0 Å². The van der Waals surface area contributed by atoms with Gasteiger partial charge in [-0.3, -0.25) is 10.0 Å². The molecule has 1 aliphatic heterocycles. The van der Waals surface area contributed by atoms with Gasteiger partial charge in [0.2, 0.25) is 0 Å². The van der Waals surface area contributed by atoms with Crippen molar-refractivity contribution in [3.63, 3.8) is 0 Å². The van der Waals surface area contributed by atoms with Crippen molar-refractivity contribution >= 4 is 28.0 Å². The van der Waals surface area contributed by atoms with E-state index in [2.05, 4.69) is 16.7 Å². The number of nitrogens with one attached hydrogen (secondary N) is 1. The van der Waals surface area contributed by atoms with Gasteiger partial charge < -0.3 is 9.12 Å². The molecule has 2 N–H and O–H groups in total. The molecule has 0 aliphatic carbocycles. The number of fused-ring (bicyclic) bond motifs is 3. The number of hydrogen-bond donors (Lipinski definition) is 2. The predicted octanol–water partition coefficient (Wildman–Crippen LogP) is 2.61. The Morgan fingerprint density at radius 3 is 2.72 bits per heavy atom. The molecule has 0 saturated carbocycles. The fraction of sp³-hybridized carbons (Fsp3) is 0.211. The van der Waals surface area contributed by atoms with Crippen molar-refractivity contribution in [2.24, 2.45) is 0 Å². The van der Waals surface area contributed by atoms with Crippen molar-refractivity contribution in [1.29, 1.82) is 0 Å². The maximum absolute atomic E-state index is 12.0. The molecule has 2 heterocycles. The maximum atomic E-state index is 12.0. The molecule has 0 bridgehead atoms. The number of aromatic nitrogens is 1. The normalized spacial score (nSPS) is 16.6. The lowest BCUT2D eigenvalue weighted by atomic mass is 10.1. The lowest BCUT2D eigenvalue weighted by molar-refractivity contribution is 0.0706. The molecule has 128 valence electrons. The zero-order chi connectivity index (χ0) is 17.4. The second-order valence-corrected chi connectivity index (χ2v) is 7.78. The lowest BCUT2D eigenvalue weighted by Crippen LogP contribution is -2.20. The molecule has 0 radical (unpaired) electrons. The molecule has 1 atom stereocenters. The van der Waals surface area contributed by atoms with Gasteiger partial charge in [0.1, 0.15) is 11.5 Å². The molecule has 1 unspecified atom stereocenters. The lowest BCUT2D eigenvalue weighted by Gasteiger charge is -2.19. The third-order valence-electron chi connectivity index (χ3n) is 4.72. The van der Waals surface area contributed by atoms with Gasteiger partial charge in [0.15, 0.2) is 0 Å². The van der Waals surface area contributed by atoms with E-state index >= 15 is 0 Å². The minimum atomic E-state index is -0.782. The number of amides is 1. The minimum absolute atomic E-state index is 0.418. The fourth-order valence-electron chi connectivity index (χ4n) is 3.51. The first-order valence-corrected chi connectivity index (χ1v) is 9.63. The molecular formula is C19H18N2O3S. The van der Waals surface area contributed by atoms with Gasteiger partial charge in [-0.15, -0.1) is 0 Å². The van der Waals surface area contributed by atoms with Gasteiger partial charge in [-0.1, -0.05) is 30.3 Å². The summed E-state index contributed by atoms with van der Waals surface area (Å²) in [6.07, 6.45) is 0.821. The summed E-state index contributed by atoms with van der Waals surface area (Å²) < 4.78 is 14.3. The zero-order valence-electron chi connectivity index (χ0n) is 13.6. The first kappa shape index (κ1) is 16.2. The number of rotatable bonds is 3. The van der Waals surface area contributed by atoms with Crippen molar-refractivity contribution < 1.29 is 14.6 Å². The second-order valence-electron chi connectivity index (χ2n) is 6.20. The summed E-state index contributed by atoms with van der Waals surface area (Å²) in [4.78, 5) is 11.4. The number of benzene rings is 2. The fourth-order valence-corrected chi connectivity index (χ4v) is 4.72. The third kappa shape index (κ3) is 2.93. The van der Waals surface area contributed by atoms with E-state index < -0.39 is 17.1 Å². The van der Waals surface area contributed by atoms with Gasteiger partial charge in [0.25, 0.3) is 5.91 Å². The summed E-state index contributed by atoms with van der Waals surface area (Å²) in [5.41, 5.74) is 6.76. The predicted molar refractivity (Wildman–Crippen MR) is 97.2 cm³/mol. The number of para-hydroxylation sites is 1. The summed E-state index contributed by atoms with van der Waals surface area (Å²) in [7, 11) is 0. The highest BCUT2D eigenvalue weighted by molar-refractivity contribution is 7.90. The van der Waals surface area contributed by atoms with E-state index in [1.165, 1.54) is 16.6 Å². The highest BCUT2D eigenvalue weighted by Crippen LogP contribution is 2.32. The average molecular weight is 354 g/mol. The van der Waals surface area contributed by atoms with Crippen LogP contribution < -0.4 is 5.48 Å². The van der Waals surface area contributed by atoms with E-state index in [0.717, 1.165) is 17.5 Å². The summed E-state index contributed by atoms with van der Waals surface area (Å²) in [6.45, 7) is 0.698. The molecule has 2 aromatic carbocycles. The van der Waals surface area contributed by atoms with Crippen LogP contribution in [0.25, 0.3) is 10.9 Å². The van der Waals surface area contributed by atoms with Crippen LogP contribution in [0, 0.1) is 0 Å². The Hall–Kier alpha value is -2.28. The molecular weight excluding hydrogens is 336 g/mol. The standard InChI is InChI=1S/C19H18N2O3S/c22-19(20-23)14-7-5-13(6-8-14)11-21-17-4-2-1-3-15(17)16-12-25(24)10-9-18(16)21/h1-8,23H,9-12H2,(H,20,22). The Morgan fingerprint density at radius 1 is 1.20 bits per heavy atom. The zero-order valence-corrected chi connectivity index (χ0v) is 14.4. The second kappa shape index (κ2) is 6.55. The van der Waals surface area contributed by atoms with E-state index in [4.69, 9.17) is 5.21 Å². The van der Waals surface area contributed by atoms with Crippen LogP contribution >= 0.6 is 0 Å². The van der Waals surface area contributed by atoms with Gasteiger partial charge in [0.05, 0.1) is 0 Å². The quantitative estimate of drug-likeness (QED) is 0.431. The Labute approximate surface area is 148 Å². The highest BCUT2D eigenvalue weighted by atomic mass is 32.2. The van der Waals surface area contributed by atoms with Crippen molar-refractivity contribution in [2.75, 3.05) is 5.75 Å². The van der Waals surface area contributed by atoms with Crippen molar-refractivity contribution in [3.8, 4) is 0 Å². The summed E-state index contributed by atoms with van der Waals surface area (Å²) in [5, 5.41) is 9.89. The van der Waals surface area contributed by atoms with Crippen molar-refractivity contribution in [1.82, 2.24) is 10.0 Å².